The summed E-state index contributed by atoms with van der Waals surface area (Å²) in [5, 5.41) is 7.10. The Labute approximate surface area is 118 Å². The Morgan fingerprint density at radius 3 is 3.15 bits per heavy atom. The number of nitrogens with one attached hydrogen (secondary N) is 1. The standard InChI is InChI=1S/C14H10N4OS/c1-4-10-11(8-16-13(10)15-5-1)14-17-12(19-18-14)7-9-3-2-6-20-9/h1-6,8H,7H2,(H,15,16). The summed E-state index contributed by atoms with van der Waals surface area (Å²) in [5.74, 6) is 1.22. The molecule has 0 aromatic carbocycles. The Hall–Kier alpha value is -2.47. The number of aromatic amines is 1. The third-order valence-electron chi connectivity index (χ3n) is 3.07. The molecule has 0 spiro atoms. The van der Waals surface area contributed by atoms with Crippen LogP contribution in [-0.2, 0) is 6.42 Å². The number of hydrogen-bond acceptors (Lipinski definition) is 5. The maximum Gasteiger partial charge on any atom is 0.232 e. The summed E-state index contributed by atoms with van der Waals surface area (Å²) in [5.41, 5.74) is 1.74. The first-order valence-electron chi connectivity index (χ1n) is 6.17. The van der Waals surface area contributed by atoms with Crippen LogP contribution in [0.3, 0.4) is 0 Å². The van der Waals surface area contributed by atoms with Gasteiger partial charge in [-0.1, -0.05) is 11.2 Å². The summed E-state index contributed by atoms with van der Waals surface area (Å²) in [6.45, 7) is 0. The van der Waals surface area contributed by atoms with Crippen molar-refractivity contribution in [2.45, 2.75) is 6.42 Å². The molecule has 0 bridgehead atoms. The first kappa shape index (κ1) is 11.4. The van der Waals surface area contributed by atoms with Crippen molar-refractivity contribution in [2.75, 3.05) is 0 Å². The zero-order chi connectivity index (χ0) is 13.4. The lowest BCUT2D eigenvalue weighted by molar-refractivity contribution is 0.386. The van der Waals surface area contributed by atoms with Gasteiger partial charge in [-0.3, -0.25) is 0 Å². The molecule has 20 heavy (non-hydrogen) atoms. The maximum absolute atomic E-state index is 5.32. The molecule has 1 N–H and O–H groups in total. The number of fused-ring (bicyclic) bond motifs is 1. The second-order valence-electron chi connectivity index (χ2n) is 4.37. The second kappa shape index (κ2) is 4.57. The van der Waals surface area contributed by atoms with E-state index in [2.05, 4.69) is 26.2 Å². The highest BCUT2D eigenvalue weighted by Crippen LogP contribution is 2.25. The van der Waals surface area contributed by atoms with E-state index in [0.717, 1.165) is 16.6 Å². The van der Waals surface area contributed by atoms with Gasteiger partial charge in [0.1, 0.15) is 5.65 Å². The molecule has 0 saturated heterocycles. The number of hydrogen-bond donors (Lipinski definition) is 1. The number of thiophene rings is 1. The van der Waals surface area contributed by atoms with Crippen LogP contribution in [0.2, 0.25) is 0 Å². The van der Waals surface area contributed by atoms with Crippen LogP contribution < -0.4 is 0 Å². The third kappa shape index (κ3) is 1.90. The van der Waals surface area contributed by atoms with Crippen LogP contribution in [0.1, 0.15) is 10.8 Å². The van der Waals surface area contributed by atoms with Crippen molar-refractivity contribution in [2.24, 2.45) is 0 Å². The summed E-state index contributed by atoms with van der Waals surface area (Å²) < 4.78 is 5.32. The van der Waals surface area contributed by atoms with Crippen LogP contribution in [0.15, 0.2) is 46.6 Å². The summed E-state index contributed by atoms with van der Waals surface area (Å²) in [4.78, 5) is 13.0. The van der Waals surface area contributed by atoms with Crippen LogP contribution in [0.5, 0.6) is 0 Å². The molecule has 0 atom stereocenters. The molecule has 0 amide bonds. The minimum atomic E-state index is 0.593. The van der Waals surface area contributed by atoms with E-state index in [-0.39, 0.29) is 0 Å². The highest BCUT2D eigenvalue weighted by molar-refractivity contribution is 7.09. The molecule has 0 radical (unpaired) electrons. The lowest BCUT2D eigenvalue weighted by Crippen LogP contribution is -1.84. The Morgan fingerprint density at radius 2 is 2.25 bits per heavy atom. The molecule has 4 rings (SSSR count). The van der Waals surface area contributed by atoms with E-state index in [9.17, 15) is 0 Å². The molecule has 0 aliphatic heterocycles. The molecule has 4 heterocycles. The van der Waals surface area contributed by atoms with E-state index < -0.39 is 0 Å². The molecule has 4 aromatic heterocycles. The van der Waals surface area contributed by atoms with Gasteiger partial charge >= 0.3 is 0 Å². The van der Waals surface area contributed by atoms with Crippen molar-refractivity contribution in [3.63, 3.8) is 0 Å². The van der Waals surface area contributed by atoms with Crippen molar-refractivity contribution in [3.05, 3.63) is 52.8 Å². The van der Waals surface area contributed by atoms with Crippen LogP contribution in [-0.4, -0.2) is 20.1 Å². The lowest BCUT2D eigenvalue weighted by atomic mass is 10.2. The molecule has 4 aromatic rings. The molecule has 5 nitrogen and oxygen atoms in total. The largest absolute Gasteiger partial charge is 0.345 e. The molecule has 0 aliphatic rings. The van der Waals surface area contributed by atoms with Gasteiger partial charge in [0.15, 0.2) is 0 Å². The van der Waals surface area contributed by atoms with Crippen molar-refractivity contribution >= 4 is 22.4 Å². The minimum absolute atomic E-state index is 0.593. The monoisotopic (exact) mass is 282 g/mol. The van der Waals surface area contributed by atoms with Crippen molar-refractivity contribution in [1.82, 2.24) is 20.1 Å². The summed E-state index contributed by atoms with van der Waals surface area (Å²) in [6.07, 6.45) is 4.28. The lowest BCUT2D eigenvalue weighted by Gasteiger charge is -1.90. The molecule has 0 fully saturated rings. The van der Waals surface area contributed by atoms with Gasteiger partial charge in [-0.2, -0.15) is 4.98 Å². The molecule has 0 unspecified atom stereocenters. The minimum Gasteiger partial charge on any atom is -0.345 e. The van der Waals surface area contributed by atoms with Crippen LogP contribution in [0.4, 0.5) is 0 Å². The average molecular weight is 282 g/mol. The summed E-state index contributed by atoms with van der Waals surface area (Å²) in [6, 6.07) is 7.96. The van der Waals surface area contributed by atoms with Gasteiger partial charge in [-0.15, -0.1) is 11.3 Å². The van der Waals surface area contributed by atoms with Crippen LogP contribution in [0, 0.1) is 0 Å². The fourth-order valence-electron chi connectivity index (χ4n) is 2.14. The van der Waals surface area contributed by atoms with E-state index in [1.54, 1.807) is 17.5 Å². The number of rotatable bonds is 3. The Balaban J connectivity index is 1.71. The predicted octanol–water partition coefficient (Wildman–Crippen LogP) is 3.27. The van der Waals surface area contributed by atoms with E-state index in [1.165, 1.54) is 4.88 Å². The highest BCUT2D eigenvalue weighted by atomic mass is 32.1. The number of aromatic nitrogens is 4. The Kier molecular flexibility index (Phi) is 2.60. The molecule has 0 saturated carbocycles. The van der Waals surface area contributed by atoms with E-state index >= 15 is 0 Å². The van der Waals surface area contributed by atoms with Crippen molar-refractivity contribution < 1.29 is 4.52 Å². The van der Waals surface area contributed by atoms with Gasteiger partial charge in [0.05, 0.1) is 6.42 Å². The maximum atomic E-state index is 5.32. The number of nitrogens with zero attached hydrogens (tertiary/aromatic N) is 3. The first-order valence-corrected chi connectivity index (χ1v) is 7.05. The molecular weight excluding hydrogens is 272 g/mol. The van der Waals surface area contributed by atoms with Crippen LogP contribution >= 0.6 is 11.3 Å². The zero-order valence-corrected chi connectivity index (χ0v) is 11.2. The van der Waals surface area contributed by atoms with Gasteiger partial charge in [-0.05, 0) is 23.6 Å². The van der Waals surface area contributed by atoms with Gasteiger partial charge in [0.2, 0.25) is 11.7 Å². The topological polar surface area (TPSA) is 67.6 Å². The fourth-order valence-corrected chi connectivity index (χ4v) is 2.84. The quantitative estimate of drug-likeness (QED) is 0.626. The molecular formula is C14H10N4OS. The smallest absolute Gasteiger partial charge is 0.232 e. The number of H-pyrrole nitrogens is 1. The average Bonchev–Trinajstić information content (AvgIpc) is 3.18. The third-order valence-corrected chi connectivity index (χ3v) is 3.94. The number of pyridine rings is 1. The second-order valence-corrected chi connectivity index (χ2v) is 5.40. The molecule has 6 heteroatoms. The molecule has 0 aliphatic carbocycles. The Bertz CT molecular complexity index is 847. The predicted molar refractivity (Wildman–Crippen MR) is 76.5 cm³/mol. The van der Waals surface area contributed by atoms with Crippen molar-refractivity contribution in [3.8, 4) is 11.4 Å². The van der Waals surface area contributed by atoms with Gasteiger partial charge in [0, 0.05) is 28.2 Å². The zero-order valence-electron chi connectivity index (χ0n) is 10.4. The van der Waals surface area contributed by atoms with Gasteiger partial charge in [0.25, 0.3) is 0 Å². The van der Waals surface area contributed by atoms with E-state index in [4.69, 9.17) is 4.52 Å². The van der Waals surface area contributed by atoms with E-state index in [1.807, 2.05) is 29.8 Å². The Morgan fingerprint density at radius 1 is 1.25 bits per heavy atom. The van der Waals surface area contributed by atoms with E-state index in [0.29, 0.717) is 18.1 Å². The fraction of sp³-hybridized carbons (Fsp3) is 0.0714. The normalized spacial score (nSPS) is 11.2. The SMILES string of the molecule is c1csc(Cc2nc(-c3c[nH]c4ncccc34)no2)c1. The highest BCUT2D eigenvalue weighted by Gasteiger charge is 2.13. The molecule has 98 valence electrons. The van der Waals surface area contributed by atoms with Gasteiger partial charge in [-0.25, -0.2) is 4.98 Å². The van der Waals surface area contributed by atoms with Crippen LogP contribution in [0.25, 0.3) is 22.4 Å². The first-order chi connectivity index (χ1) is 9.90. The van der Waals surface area contributed by atoms with Crippen molar-refractivity contribution in [1.29, 1.82) is 0 Å². The summed E-state index contributed by atoms with van der Waals surface area (Å²) >= 11 is 1.68. The van der Waals surface area contributed by atoms with Gasteiger partial charge < -0.3 is 9.51 Å². The summed E-state index contributed by atoms with van der Waals surface area (Å²) in [7, 11) is 0.